The van der Waals surface area contributed by atoms with E-state index in [-0.39, 0.29) is 18.1 Å². The van der Waals surface area contributed by atoms with Gasteiger partial charge in [0.25, 0.3) is 5.56 Å². The molecule has 9 nitrogen and oxygen atoms in total. The van der Waals surface area contributed by atoms with E-state index in [1.807, 2.05) is 13.8 Å². The number of carbonyl (C=O) groups is 2. The Morgan fingerprint density at radius 1 is 1.24 bits per heavy atom. The van der Waals surface area contributed by atoms with Crippen molar-refractivity contribution in [3.05, 3.63) is 39.0 Å². The molecule has 3 amide bonds. The van der Waals surface area contributed by atoms with Crippen LogP contribution in [0.1, 0.15) is 30.2 Å². The van der Waals surface area contributed by atoms with Crippen LogP contribution in [0.3, 0.4) is 0 Å². The average Bonchev–Trinajstić information content (AvgIpc) is 3.35. The Labute approximate surface area is 198 Å². The van der Waals surface area contributed by atoms with Crippen LogP contribution in [-0.4, -0.2) is 34.0 Å². The number of hydrogen-bond donors (Lipinski definition) is 2. The lowest BCUT2D eigenvalue weighted by molar-refractivity contribution is -0.117. The highest BCUT2D eigenvalue weighted by atomic mass is 32.2. The molecule has 0 unspecified atom stereocenters. The maximum atomic E-state index is 13.1. The van der Waals surface area contributed by atoms with Crippen LogP contribution in [0, 0.1) is 13.8 Å². The fourth-order valence-corrected chi connectivity index (χ4v) is 5.26. The highest BCUT2D eigenvalue weighted by Gasteiger charge is 2.19. The molecule has 3 heterocycles. The molecule has 2 N–H and O–H groups in total. The number of nitrogens with one attached hydrogen (secondary N) is 2. The number of imide groups is 1. The van der Waals surface area contributed by atoms with Gasteiger partial charge in [0.2, 0.25) is 12.7 Å². The van der Waals surface area contributed by atoms with E-state index in [2.05, 4.69) is 22.5 Å². The van der Waals surface area contributed by atoms with Gasteiger partial charge in [-0.15, -0.1) is 11.3 Å². The van der Waals surface area contributed by atoms with E-state index in [0.717, 1.165) is 35.0 Å². The molecule has 0 saturated carbocycles. The Morgan fingerprint density at radius 3 is 2.82 bits per heavy atom. The van der Waals surface area contributed by atoms with Crippen LogP contribution in [0.25, 0.3) is 10.2 Å². The number of hydrogen-bond acceptors (Lipinski definition) is 8. The quantitative estimate of drug-likeness (QED) is 0.381. The molecule has 0 bridgehead atoms. The molecule has 2 aromatic heterocycles. The fraction of sp³-hybridized carbons (Fsp3) is 0.364. The molecule has 1 aliphatic heterocycles. The lowest BCUT2D eigenvalue weighted by Crippen LogP contribution is -2.35. The normalized spacial score (nSPS) is 12.2. The number of thioether (sulfide) groups is 1. The van der Waals surface area contributed by atoms with Crippen molar-refractivity contribution in [2.75, 3.05) is 17.9 Å². The zero-order chi connectivity index (χ0) is 23.5. The molecule has 1 aliphatic rings. The van der Waals surface area contributed by atoms with E-state index < -0.39 is 11.9 Å². The van der Waals surface area contributed by atoms with Gasteiger partial charge >= 0.3 is 6.03 Å². The molecular formula is C22H24N4O5S2. The Hall–Kier alpha value is -3.05. The van der Waals surface area contributed by atoms with Crippen molar-refractivity contribution in [3.63, 3.8) is 0 Å². The van der Waals surface area contributed by atoms with Crippen LogP contribution in [0.2, 0.25) is 0 Å². The zero-order valence-electron chi connectivity index (χ0n) is 18.5. The summed E-state index contributed by atoms with van der Waals surface area (Å²) < 4.78 is 12.2. The maximum absolute atomic E-state index is 13.1. The number of anilines is 1. The van der Waals surface area contributed by atoms with Crippen LogP contribution in [0.15, 0.2) is 28.2 Å². The first-order valence-electron chi connectivity index (χ1n) is 10.5. The van der Waals surface area contributed by atoms with Gasteiger partial charge in [0, 0.05) is 23.2 Å². The number of aryl methyl sites for hydroxylation is 2. The van der Waals surface area contributed by atoms with Crippen molar-refractivity contribution in [1.82, 2.24) is 14.9 Å². The summed E-state index contributed by atoms with van der Waals surface area (Å²) in [4.78, 5) is 44.1. The molecule has 0 aliphatic carbocycles. The summed E-state index contributed by atoms with van der Waals surface area (Å²) in [5, 5.41) is 6.02. The summed E-state index contributed by atoms with van der Waals surface area (Å²) in [7, 11) is 0. The van der Waals surface area contributed by atoms with Gasteiger partial charge in [0.15, 0.2) is 16.7 Å². The largest absolute Gasteiger partial charge is 0.454 e. The number of benzene rings is 1. The molecule has 1 aromatic carbocycles. The van der Waals surface area contributed by atoms with Crippen molar-refractivity contribution in [2.45, 2.75) is 45.3 Å². The summed E-state index contributed by atoms with van der Waals surface area (Å²) in [6, 6.07) is 4.30. The predicted molar refractivity (Wildman–Crippen MR) is 129 cm³/mol. The summed E-state index contributed by atoms with van der Waals surface area (Å²) >= 11 is 2.62. The van der Waals surface area contributed by atoms with E-state index in [4.69, 9.17) is 9.47 Å². The number of fused-ring (bicyclic) bond motifs is 2. The Balaban J connectivity index is 1.43. The number of rotatable bonds is 7. The summed E-state index contributed by atoms with van der Waals surface area (Å²) in [6.07, 6.45) is 1.75. The van der Waals surface area contributed by atoms with Gasteiger partial charge in [-0.1, -0.05) is 25.1 Å². The maximum Gasteiger partial charge on any atom is 0.325 e. The van der Waals surface area contributed by atoms with Crippen molar-refractivity contribution in [1.29, 1.82) is 0 Å². The van der Waals surface area contributed by atoms with Gasteiger partial charge in [-0.2, -0.15) is 0 Å². The Morgan fingerprint density at radius 2 is 2.03 bits per heavy atom. The first-order valence-corrected chi connectivity index (χ1v) is 12.3. The standard InChI is InChI=1S/C22H24N4O5S2/c1-4-5-8-26-20(28)18-12(2)13(3)33-19(18)25-22(26)32-10-17(27)24-21(29)23-14-6-7-15-16(9-14)31-11-30-15/h6-7,9H,4-5,8,10-11H2,1-3H3,(H2,23,24,27,29). The van der Waals surface area contributed by atoms with E-state index in [1.165, 1.54) is 11.3 Å². The summed E-state index contributed by atoms with van der Waals surface area (Å²) in [5.74, 6) is 0.582. The number of amides is 3. The molecule has 0 saturated heterocycles. The minimum absolute atomic E-state index is 0.0536. The van der Waals surface area contributed by atoms with Crippen LogP contribution in [0.4, 0.5) is 10.5 Å². The molecule has 0 atom stereocenters. The lowest BCUT2D eigenvalue weighted by Gasteiger charge is -2.12. The van der Waals surface area contributed by atoms with Crippen LogP contribution in [0.5, 0.6) is 11.5 Å². The third-order valence-corrected chi connectivity index (χ3v) is 7.28. The highest BCUT2D eigenvalue weighted by Crippen LogP contribution is 2.34. The number of urea groups is 1. The lowest BCUT2D eigenvalue weighted by atomic mass is 10.2. The van der Waals surface area contributed by atoms with Gasteiger partial charge < -0.3 is 14.8 Å². The number of aromatic nitrogens is 2. The second kappa shape index (κ2) is 9.84. The smallest absolute Gasteiger partial charge is 0.325 e. The zero-order valence-corrected chi connectivity index (χ0v) is 20.2. The molecule has 174 valence electrons. The van der Waals surface area contributed by atoms with Gasteiger partial charge in [-0.05, 0) is 38.0 Å². The van der Waals surface area contributed by atoms with Crippen molar-refractivity contribution in [2.24, 2.45) is 0 Å². The molecule has 0 radical (unpaired) electrons. The molecular weight excluding hydrogens is 464 g/mol. The van der Waals surface area contributed by atoms with E-state index in [9.17, 15) is 14.4 Å². The third kappa shape index (κ3) is 4.98. The van der Waals surface area contributed by atoms with E-state index in [1.54, 1.807) is 22.8 Å². The van der Waals surface area contributed by atoms with Gasteiger partial charge in [-0.25, -0.2) is 9.78 Å². The van der Waals surface area contributed by atoms with Gasteiger partial charge in [0.05, 0.1) is 11.1 Å². The predicted octanol–water partition coefficient (Wildman–Crippen LogP) is 4.04. The number of nitrogens with zero attached hydrogens (tertiary/aromatic N) is 2. The molecule has 11 heteroatoms. The summed E-state index contributed by atoms with van der Waals surface area (Å²) in [6.45, 7) is 6.61. The summed E-state index contributed by atoms with van der Waals surface area (Å²) in [5.41, 5.74) is 1.34. The van der Waals surface area contributed by atoms with Crippen LogP contribution >= 0.6 is 23.1 Å². The molecule has 4 rings (SSSR count). The average molecular weight is 489 g/mol. The minimum atomic E-state index is -0.657. The second-order valence-electron chi connectivity index (χ2n) is 7.53. The number of unbranched alkanes of at least 4 members (excludes halogenated alkanes) is 1. The van der Waals surface area contributed by atoms with Crippen LogP contribution in [-0.2, 0) is 11.3 Å². The number of ether oxygens (including phenoxy) is 2. The highest BCUT2D eigenvalue weighted by molar-refractivity contribution is 7.99. The molecule has 0 spiro atoms. The van der Waals surface area contributed by atoms with Crippen molar-refractivity contribution >= 4 is 50.9 Å². The topological polar surface area (TPSA) is 112 Å². The second-order valence-corrected chi connectivity index (χ2v) is 9.67. The monoisotopic (exact) mass is 488 g/mol. The van der Waals surface area contributed by atoms with Crippen molar-refractivity contribution < 1.29 is 19.1 Å². The Bertz CT molecular complexity index is 1280. The van der Waals surface area contributed by atoms with Crippen molar-refractivity contribution in [3.8, 4) is 11.5 Å². The first kappa shape index (κ1) is 23.1. The number of carbonyl (C=O) groups excluding carboxylic acids is 2. The molecule has 33 heavy (non-hydrogen) atoms. The third-order valence-electron chi connectivity index (χ3n) is 5.20. The van der Waals surface area contributed by atoms with Gasteiger partial charge in [0.1, 0.15) is 4.83 Å². The first-order chi connectivity index (χ1) is 15.9. The minimum Gasteiger partial charge on any atom is -0.454 e. The van der Waals surface area contributed by atoms with E-state index in [0.29, 0.717) is 39.1 Å². The Kier molecular flexibility index (Phi) is 6.89. The van der Waals surface area contributed by atoms with Crippen LogP contribution < -0.4 is 25.7 Å². The van der Waals surface area contributed by atoms with E-state index >= 15 is 0 Å². The number of thiophene rings is 1. The molecule has 0 fully saturated rings. The molecule has 3 aromatic rings. The SMILES string of the molecule is CCCCn1c(SCC(=O)NC(=O)Nc2ccc3c(c2)OCO3)nc2sc(C)c(C)c2c1=O. The van der Waals surface area contributed by atoms with Gasteiger partial charge in [-0.3, -0.25) is 19.5 Å². The fourth-order valence-electron chi connectivity index (χ4n) is 3.36.